The molecule has 0 aromatic carbocycles. The van der Waals surface area contributed by atoms with Crippen molar-refractivity contribution in [3.05, 3.63) is 23.8 Å². The maximum Gasteiger partial charge on any atom is 0.209 e. The van der Waals surface area contributed by atoms with E-state index in [0.29, 0.717) is 24.8 Å². The predicted molar refractivity (Wildman–Crippen MR) is 89.2 cm³/mol. The zero-order chi connectivity index (χ0) is 18.0. The highest BCUT2D eigenvalue weighted by Gasteiger charge is 2.82. The Morgan fingerprint density at radius 1 is 1.32 bits per heavy atom. The van der Waals surface area contributed by atoms with Crippen LogP contribution in [0.2, 0.25) is 0 Å². The SMILES string of the molecule is C=C1C(=O)[C@]23C[C@H]1CC=C2[C@@]12CO[C@@]3(O)[C@@H](O)[C@@H]1C(C)(C)CC[C@@H]2O. The second kappa shape index (κ2) is 4.28. The van der Waals surface area contributed by atoms with Crippen molar-refractivity contribution >= 4 is 5.78 Å². The van der Waals surface area contributed by atoms with Gasteiger partial charge in [0.15, 0.2) is 5.78 Å². The van der Waals surface area contributed by atoms with Crippen LogP contribution in [-0.2, 0) is 9.53 Å². The number of fused-ring (bicyclic) bond motifs is 2. The van der Waals surface area contributed by atoms with Gasteiger partial charge in [-0.05, 0) is 48.2 Å². The Kier molecular flexibility index (Phi) is 2.77. The van der Waals surface area contributed by atoms with Crippen LogP contribution in [-0.4, -0.2) is 45.7 Å². The molecule has 2 aliphatic heterocycles. The van der Waals surface area contributed by atoms with Crippen molar-refractivity contribution < 1.29 is 24.9 Å². The average molecular weight is 346 g/mol. The summed E-state index contributed by atoms with van der Waals surface area (Å²) in [6, 6.07) is 0. The smallest absolute Gasteiger partial charge is 0.209 e. The fourth-order valence-electron chi connectivity index (χ4n) is 7.09. The van der Waals surface area contributed by atoms with Crippen LogP contribution in [0, 0.1) is 28.1 Å². The Bertz CT molecular complexity index is 738. The highest BCUT2D eigenvalue weighted by molar-refractivity contribution is 6.06. The molecule has 5 heteroatoms. The van der Waals surface area contributed by atoms with E-state index in [0.717, 1.165) is 12.0 Å². The number of aliphatic hydroxyl groups excluding tert-OH is 2. The van der Waals surface area contributed by atoms with Gasteiger partial charge in [-0.2, -0.15) is 0 Å². The van der Waals surface area contributed by atoms with Crippen molar-refractivity contribution in [2.45, 2.75) is 57.5 Å². The predicted octanol–water partition coefficient (Wildman–Crippen LogP) is 1.32. The third-order valence-corrected chi connectivity index (χ3v) is 8.21. The van der Waals surface area contributed by atoms with Gasteiger partial charge in [-0.3, -0.25) is 4.79 Å². The molecule has 4 bridgehead atoms. The van der Waals surface area contributed by atoms with E-state index < -0.39 is 28.8 Å². The fraction of sp³-hybridized carbons (Fsp3) is 0.750. The number of carbonyl (C=O) groups is 1. The minimum atomic E-state index is -1.94. The van der Waals surface area contributed by atoms with Crippen LogP contribution in [0.25, 0.3) is 0 Å². The molecule has 0 aromatic rings. The lowest BCUT2D eigenvalue weighted by molar-refractivity contribution is -0.403. The minimum Gasteiger partial charge on any atom is -0.392 e. The van der Waals surface area contributed by atoms with Crippen LogP contribution in [0.4, 0.5) is 0 Å². The lowest BCUT2D eigenvalue weighted by Gasteiger charge is -2.71. The summed E-state index contributed by atoms with van der Waals surface area (Å²) in [4.78, 5) is 13.2. The molecule has 0 aromatic heterocycles. The molecule has 0 radical (unpaired) electrons. The average Bonchev–Trinajstić information content (AvgIpc) is 2.75. The van der Waals surface area contributed by atoms with E-state index in [-0.39, 0.29) is 29.6 Å². The van der Waals surface area contributed by atoms with Gasteiger partial charge in [0, 0.05) is 11.3 Å². The molecule has 3 N–H and O–H groups in total. The normalized spacial score (nSPS) is 55.6. The molecule has 136 valence electrons. The first-order valence-electron chi connectivity index (χ1n) is 9.30. The second-order valence-electron chi connectivity index (χ2n) is 9.51. The van der Waals surface area contributed by atoms with Crippen LogP contribution < -0.4 is 0 Å². The Labute approximate surface area is 147 Å². The fourth-order valence-corrected chi connectivity index (χ4v) is 7.09. The first-order chi connectivity index (χ1) is 11.6. The standard InChI is InChI=1S/C20H26O5/c1-10-11-4-5-12-18-9-25-20(24,19(12,8-11)15(10)22)16(23)14(18)17(2,3)7-6-13(18)21/h5,11,13-14,16,21,23-24H,1,4,6-9H2,2-3H3/t11-,13+,14-,16+,18-,19+,20+/m1/s1. The number of ketones is 1. The van der Waals surface area contributed by atoms with Crippen molar-refractivity contribution in [1.29, 1.82) is 0 Å². The third kappa shape index (κ3) is 1.40. The lowest BCUT2D eigenvalue weighted by atomic mass is 9.39. The molecule has 2 saturated heterocycles. The molecule has 25 heavy (non-hydrogen) atoms. The monoisotopic (exact) mass is 346 g/mol. The number of carbonyl (C=O) groups excluding carboxylic acids is 1. The molecule has 5 nitrogen and oxygen atoms in total. The Hall–Kier alpha value is -1.01. The van der Waals surface area contributed by atoms with Gasteiger partial charge in [-0.15, -0.1) is 0 Å². The summed E-state index contributed by atoms with van der Waals surface area (Å²) >= 11 is 0. The number of aliphatic hydroxyl groups is 3. The van der Waals surface area contributed by atoms with Crippen LogP contribution in [0.5, 0.6) is 0 Å². The summed E-state index contributed by atoms with van der Waals surface area (Å²) in [5.74, 6) is -2.51. The quantitative estimate of drug-likeness (QED) is 0.455. The van der Waals surface area contributed by atoms with Crippen LogP contribution in [0.15, 0.2) is 23.8 Å². The van der Waals surface area contributed by atoms with E-state index in [9.17, 15) is 20.1 Å². The number of Topliss-reactive ketones (excluding diaryl/α,β-unsaturated/α-hetero) is 1. The summed E-state index contributed by atoms with van der Waals surface area (Å²) < 4.78 is 5.85. The Morgan fingerprint density at radius 2 is 2.04 bits per heavy atom. The maximum atomic E-state index is 13.2. The van der Waals surface area contributed by atoms with Crippen molar-refractivity contribution in [1.82, 2.24) is 0 Å². The Balaban J connectivity index is 1.83. The van der Waals surface area contributed by atoms with Crippen molar-refractivity contribution in [3.63, 3.8) is 0 Å². The van der Waals surface area contributed by atoms with Crippen molar-refractivity contribution in [3.8, 4) is 0 Å². The van der Waals surface area contributed by atoms with E-state index in [2.05, 4.69) is 20.4 Å². The highest BCUT2D eigenvalue weighted by Crippen LogP contribution is 2.75. The lowest BCUT2D eigenvalue weighted by Crippen LogP contribution is -2.81. The molecule has 2 spiro atoms. The first kappa shape index (κ1) is 16.2. The second-order valence-corrected chi connectivity index (χ2v) is 9.51. The van der Waals surface area contributed by atoms with Crippen LogP contribution in [0.1, 0.15) is 39.5 Å². The molecular weight excluding hydrogens is 320 g/mol. The van der Waals surface area contributed by atoms with Gasteiger partial charge < -0.3 is 20.1 Å². The van der Waals surface area contributed by atoms with E-state index >= 15 is 0 Å². The molecule has 7 atom stereocenters. The summed E-state index contributed by atoms with van der Waals surface area (Å²) in [6.07, 6.45) is 2.63. The molecule has 2 heterocycles. The van der Waals surface area contributed by atoms with Crippen LogP contribution in [0.3, 0.4) is 0 Å². The van der Waals surface area contributed by atoms with Crippen molar-refractivity contribution in [2.24, 2.45) is 28.1 Å². The molecular formula is C20H26O5. The van der Waals surface area contributed by atoms with E-state index in [4.69, 9.17) is 4.74 Å². The number of hydrogen-bond acceptors (Lipinski definition) is 5. The summed E-state index contributed by atoms with van der Waals surface area (Å²) in [6.45, 7) is 8.26. The van der Waals surface area contributed by atoms with E-state index in [1.54, 1.807) is 0 Å². The summed E-state index contributed by atoms with van der Waals surface area (Å²) in [5, 5.41) is 33.9. The van der Waals surface area contributed by atoms with E-state index in [1.165, 1.54) is 0 Å². The zero-order valence-corrected chi connectivity index (χ0v) is 14.8. The van der Waals surface area contributed by atoms with Gasteiger partial charge >= 0.3 is 0 Å². The van der Waals surface area contributed by atoms with Gasteiger partial charge in [0.05, 0.1) is 12.7 Å². The van der Waals surface area contributed by atoms with Gasteiger partial charge in [0.25, 0.3) is 0 Å². The summed E-state index contributed by atoms with van der Waals surface area (Å²) in [7, 11) is 0. The summed E-state index contributed by atoms with van der Waals surface area (Å²) in [5.41, 5.74) is -1.04. The zero-order valence-electron chi connectivity index (χ0n) is 14.8. The van der Waals surface area contributed by atoms with Gasteiger partial charge in [0.2, 0.25) is 5.79 Å². The van der Waals surface area contributed by atoms with Gasteiger partial charge in [0.1, 0.15) is 11.5 Å². The van der Waals surface area contributed by atoms with Gasteiger partial charge in [-0.1, -0.05) is 26.5 Å². The third-order valence-electron chi connectivity index (χ3n) is 8.21. The number of ether oxygens (including phenoxy) is 1. The molecule has 3 saturated carbocycles. The van der Waals surface area contributed by atoms with Crippen molar-refractivity contribution in [2.75, 3.05) is 6.61 Å². The number of hydrogen-bond donors (Lipinski definition) is 3. The Morgan fingerprint density at radius 3 is 2.76 bits per heavy atom. The topological polar surface area (TPSA) is 87.0 Å². The molecule has 0 unspecified atom stereocenters. The number of allylic oxidation sites excluding steroid dienone is 2. The minimum absolute atomic E-state index is 0.0148. The molecule has 5 fully saturated rings. The number of rotatable bonds is 0. The largest absolute Gasteiger partial charge is 0.392 e. The van der Waals surface area contributed by atoms with E-state index in [1.807, 2.05) is 6.08 Å². The van der Waals surface area contributed by atoms with Gasteiger partial charge in [-0.25, -0.2) is 0 Å². The molecule has 6 aliphatic rings. The molecule has 6 rings (SSSR count). The highest BCUT2D eigenvalue weighted by atomic mass is 16.6. The molecule has 4 aliphatic carbocycles. The first-order valence-corrected chi connectivity index (χ1v) is 9.30. The molecule has 0 amide bonds. The maximum absolute atomic E-state index is 13.2. The van der Waals surface area contributed by atoms with Crippen LogP contribution >= 0.6 is 0 Å².